The van der Waals surface area contributed by atoms with Crippen molar-refractivity contribution in [2.24, 2.45) is 0 Å². The van der Waals surface area contributed by atoms with Crippen LogP contribution >= 0.6 is 0 Å². The van der Waals surface area contributed by atoms with Gasteiger partial charge in [0.15, 0.2) is 0 Å². The predicted octanol–water partition coefficient (Wildman–Crippen LogP) is 3.17. The van der Waals surface area contributed by atoms with Crippen molar-refractivity contribution in [1.29, 1.82) is 0 Å². The molecule has 0 spiro atoms. The monoisotopic (exact) mass is 248 g/mol. The molecule has 2 unspecified atom stereocenters. The highest BCUT2D eigenvalue weighted by atomic mass is 19.1. The van der Waals surface area contributed by atoms with Crippen LogP contribution in [0.25, 0.3) is 0 Å². The summed E-state index contributed by atoms with van der Waals surface area (Å²) >= 11 is 0. The third-order valence-electron chi connectivity index (χ3n) is 4.12. The molecule has 0 radical (unpaired) electrons. The fourth-order valence-corrected chi connectivity index (χ4v) is 3.03. The van der Waals surface area contributed by atoms with Crippen LogP contribution in [-0.4, -0.2) is 29.6 Å². The molecular formula is C15H21FN2. The van der Waals surface area contributed by atoms with E-state index in [0.717, 1.165) is 24.6 Å². The summed E-state index contributed by atoms with van der Waals surface area (Å²) in [6.07, 6.45) is 3.80. The standard InChI is InChI=1S/C15H21FN2/c1-10-3-6-15(14(16)7-10)17-12-8-11(2)18(9-12)13-4-5-13/h3,6-7,11-13,17H,4-5,8-9H2,1-2H3. The first-order chi connectivity index (χ1) is 8.63. The zero-order chi connectivity index (χ0) is 12.7. The van der Waals surface area contributed by atoms with E-state index in [1.54, 1.807) is 6.07 Å². The largest absolute Gasteiger partial charge is 0.379 e. The van der Waals surface area contributed by atoms with Gasteiger partial charge in [-0.25, -0.2) is 4.39 Å². The molecule has 2 aliphatic rings. The van der Waals surface area contributed by atoms with Crippen LogP contribution in [-0.2, 0) is 0 Å². The molecule has 0 aromatic heterocycles. The number of hydrogen-bond acceptors (Lipinski definition) is 2. The van der Waals surface area contributed by atoms with E-state index in [2.05, 4.69) is 17.1 Å². The van der Waals surface area contributed by atoms with E-state index in [1.807, 2.05) is 19.1 Å². The van der Waals surface area contributed by atoms with Gasteiger partial charge in [-0.1, -0.05) is 6.07 Å². The van der Waals surface area contributed by atoms with E-state index in [0.29, 0.717) is 17.8 Å². The van der Waals surface area contributed by atoms with Gasteiger partial charge in [-0.2, -0.15) is 0 Å². The van der Waals surface area contributed by atoms with E-state index in [-0.39, 0.29) is 5.82 Å². The fraction of sp³-hybridized carbons (Fsp3) is 0.600. The summed E-state index contributed by atoms with van der Waals surface area (Å²) < 4.78 is 13.8. The van der Waals surface area contributed by atoms with Crippen LogP contribution in [0.5, 0.6) is 0 Å². The zero-order valence-electron chi connectivity index (χ0n) is 11.1. The Kier molecular flexibility index (Phi) is 3.02. The van der Waals surface area contributed by atoms with Crippen LogP contribution in [0, 0.1) is 12.7 Å². The smallest absolute Gasteiger partial charge is 0.146 e. The molecule has 18 heavy (non-hydrogen) atoms. The second kappa shape index (κ2) is 4.54. The topological polar surface area (TPSA) is 15.3 Å². The van der Waals surface area contributed by atoms with Gasteiger partial charge in [-0.05, 0) is 50.8 Å². The normalized spacial score (nSPS) is 28.6. The minimum absolute atomic E-state index is 0.132. The van der Waals surface area contributed by atoms with Crippen LogP contribution < -0.4 is 5.32 Å². The van der Waals surface area contributed by atoms with Crippen LogP contribution in [0.4, 0.5) is 10.1 Å². The molecule has 1 N–H and O–H groups in total. The van der Waals surface area contributed by atoms with Crippen LogP contribution in [0.15, 0.2) is 18.2 Å². The Morgan fingerprint density at radius 2 is 2.11 bits per heavy atom. The molecule has 1 saturated heterocycles. The molecule has 0 bridgehead atoms. The Balaban J connectivity index is 1.66. The lowest BCUT2D eigenvalue weighted by molar-refractivity contribution is 0.257. The Labute approximate surface area is 108 Å². The predicted molar refractivity (Wildman–Crippen MR) is 72.4 cm³/mol. The van der Waals surface area contributed by atoms with Gasteiger partial charge < -0.3 is 5.32 Å². The van der Waals surface area contributed by atoms with E-state index >= 15 is 0 Å². The molecule has 1 aromatic carbocycles. The third-order valence-corrected chi connectivity index (χ3v) is 4.12. The van der Waals surface area contributed by atoms with Crippen molar-refractivity contribution in [3.63, 3.8) is 0 Å². The maximum absolute atomic E-state index is 13.8. The molecule has 1 aliphatic carbocycles. The number of nitrogens with one attached hydrogen (secondary N) is 1. The van der Waals surface area contributed by atoms with Crippen LogP contribution in [0.3, 0.4) is 0 Å². The molecule has 98 valence electrons. The van der Waals surface area contributed by atoms with Crippen molar-refractivity contribution in [2.75, 3.05) is 11.9 Å². The van der Waals surface area contributed by atoms with Crippen molar-refractivity contribution < 1.29 is 4.39 Å². The van der Waals surface area contributed by atoms with Gasteiger partial charge in [0, 0.05) is 24.7 Å². The molecule has 1 saturated carbocycles. The summed E-state index contributed by atoms with van der Waals surface area (Å²) in [4.78, 5) is 2.57. The molecule has 1 aliphatic heterocycles. The summed E-state index contributed by atoms with van der Waals surface area (Å²) in [5.41, 5.74) is 1.62. The number of benzene rings is 1. The van der Waals surface area contributed by atoms with E-state index in [4.69, 9.17) is 0 Å². The molecule has 2 atom stereocenters. The lowest BCUT2D eigenvalue weighted by atomic mass is 10.1. The highest BCUT2D eigenvalue weighted by Gasteiger charge is 2.38. The van der Waals surface area contributed by atoms with E-state index in [1.165, 1.54) is 12.8 Å². The van der Waals surface area contributed by atoms with E-state index in [9.17, 15) is 4.39 Å². The van der Waals surface area contributed by atoms with Crippen LogP contribution in [0.1, 0.15) is 31.7 Å². The number of aryl methyl sites for hydroxylation is 1. The number of likely N-dealkylation sites (tertiary alicyclic amines) is 1. The first-order valence-electron chi connectivity index (χ1n) is 6.92. The van der Waals surface area contributed by atoms with Gasteiger partial charge in [-0.3, -0.25) is 4.90 Å². The van der Waals surface area contributed by atoms with Crippen molar-refractivity contribution in [2.45, 2.75) is 51.2 Å². The van der Waals surface area contributed by atoms with Crippen molar-refractivity contribution in [3.05, 3.63) is 29.6 Å². The molecule has 0 amide bonds. The molecule has 2 nitrogen and oxygen atoms in total. The molecule has 3 rings (SSSR count). The molecule has 1 aromatic rings. The Morgan fingerprint density at radius 3 is 2.78 bits per heavy atom. The number of nitrogens with zero attached hydrogens (tertiary/aromatic N) is 1. The summed E-state index contributed by atoms with van der Waals surface area (Å²) in [6, 6.07) is 7.23. The Morgan fingerprint density at radius 1 is 1.33 bits per heavy atom. The zero-order valence-corrected chi connectivity index (χ0v) is 11.1. The number of halogens is 1. The quantitative estimate of drug-likeness (QED) is 0.884. The molecule has 1 heterocycles. The second-order valence-electron chi connectivity index (χ2n) is 5.84. The van der Waals surface area contributed by atoms with Gasteiger partial charge in [0.25, 0.3) is 0 Å². The fourth-order valence-electron chi connectivity index (χ4n) is 3.03. The van der Waals surface area contributed by atoms with Crippen molar-refractivity contribution >= 4 is 5.69 Å². The lowest BCUT2D eigenvalue weighted by Gasteiger charge is -2.20. The summed E-state index contributed by atoms with van der Waals surface area (Å²) in [5.74, 6) is -0.132. The van der Waals surface area contributed by atoms with Crippen molar-refractivity contribution in [3.8, 4) is 0 Å². The first-order valence-corrected chi connectivity index (χ1v) is 6.92. The van der Waals surface area contributed by atoms with Gasteiger partial charge in [0.2, 0.25) is 0 Å². The van der Waals surface area contributed by atoms with Crippen molar-refractivity contribution in [1.82, 2.24) is 4.90 Å². The summed E-state index contributed by atoms with van der Waals surface area (Å²) in [6.45, 7) is 5.25. The second-order valence-corrected chi connectivity index (χ2v) is 5.84. The van der Waals surface area contributed by atoms with Gasteiger partial charge in [-0.15, -0.1) is 0 Å². The number of hydrogen-bond donors (Lipinski definition) is 1. The first kappa shape index (κ1) is 12.0. The number of rotatable bonds is 3. The number of anilines is 1. The van der Waals surface area contributed by atoms with Gasteiger partial charge in [0.1, 0.15) is 5.82 Å². The average Bonchev–Trinajstić information content (AvgIpc) is 3.08. The minimum Gasteiger partial charge on any atom is -0.379 e. The maximum atomic E-state index is 13.8. The summed E-state index contributed by atoms with van der Waals surface area (Å²) in [5, 5.41) is 3.36. The summed E-state index contributed by atoms with van der Waals surface area (Å²) in [7, 11) is 0. The molecular weight excluding hydrogens is 227 g/mol. The average molecular weight is 248 g/mol. The third kappa shape index (κ3) is 2.37. The maximum Gasteiger partial charge on any atom is 0.146 e. The van der Waals surface area contributed by atoms with Crippen LogP contribution in [0.2, 0.25) is 0 Å². The Bertz CT molecular complexity index is 442. The van der Waals surface area contributed by atoms with Gasteiger partial charge in [0.05, 0.1) is 5.69 Å². The molecule has 2 fully saturated rings. The SMILES string of the molecule is Cc1ccc(NC2CC(C)N(C3CC3)C2)c(F)c1. The molecule has 3 heteroatoms. The van der Waals surface area contributed by atoms with E-state index < -0.39 is 0 Å². The Hall–Kier alpha value is -1.09. The van der Waals surface area contributed by atoms with Gasteiger partial charge >= 0.3 is 0 Å². The lowest BCUT2D eigenvalue weighted by Crippen LogP contribution is -2.31. The minimum atomic E-state index is -0.132. The highest BCUT2D eigenvalue weighted by Crippen LogP contribution is 2.34. The highest BCUT2D eigenvalue weighted by molar-refractivity contribution is 5.47.